The van der Waals surface area contributed by atoms with E-state index in [9.17, 15) is 4.39 Å². The first-order valence-corrected chi connectivity index (χ1v) is 6.33. The number of hydrogen-bond donors (Lipinski definition) is 1. The van der Waals surface area contributed by atoms with E-state index < -0.39 is 0 Å². The number of halogens is 2. The summed E-state index contributed by atoms with van der Waals surface area (Å²) in [6.45, 7) is 2.03. The summed E-state index contributed by atoms with van der Waals surface area (Å²) in [6.07, 6.45) is 0. The monoisotopic (exact) mass is 308 g/mol. The van der Waals surface area contributed by atoms with Crippen molar-refractivity contribution in [1.82, 2.24) is 0 Å². The van der Waals surface area contributed by atoms with Gasteiger partial charge in [0, 0.05) is 18.8 Å². The summed E-state index contributed by atoms with van der Waals surface area (Å²) in [6, 6.07) is 11.1. The van der Waals surface area contributed by atoms with Crippen LogP contribution in [0.3, 0.4) is 0 Å². The Hall–Kier alpha value is -1.55. The molecule has 2 nitrogen and oxygen atoms in total. The molecule has 4 heteroatoms. The second kappa shape index (κ2) is 4.98. The molecule has 0 aliphatic rings. The summed E-state index contributed by atoms with van der Waals surface area (Å²) >= 11 is 3.18. The number of rotatable bonds is 2. The molecular weight excluding hydrogens is 295 g/mol. The minimum Gasteiger partial charge on any atom is -0.397 e. The zero-order valence-electron chi connectivity index (χ0n) is 10.2. The number of aryl methyl sites for hydroxylation is 1. The average Bonchev–Trinajstić information content (AvgIpc) is 2.34. The predicted molar refractivity (Wildman–Crippen MR) is 77.8 cm³/mol. The van der Waals surface area contributed by atoms with Crippen molar-refractivity contribution in [1.29, 1.82) is 0 Å². The zero-order chi connectivity index (χ0) is 13.3. The van der Waals surface area contributed by atoms with Gasteiger partial charge in [0.15, 0.2) is 0 Å². The van der Waals surface area contributed by atoms with E-state index in [1.807, 2.05) is 43.1 Å². The number of benzene rings is 2. The van der Waals surface area contributed by atoms with Crippen molar-refractivity contribution < 1.29 is 4.39 Å². The molecule has 0 saturated carbocycles. The van der Waals surface area contributed by atoms with Gasteiger partial charge in [0.1, 0.15) is 5.82 Å². The van der Waals surface area contributed by atoms with Gasteiger partial charge in [0.2, 0.25) is 0 Å². The van der Waals surface area contributed by atoms with Gasteiger partial charge in [-0.25, -0.2) is 4.39 Å². The molecule has 2 N–H and O–H groups in total. The summed E-state index contributed by atoms with van der Waals surface area (Å²) in [5.74, 6) is -0.353. The number of nitrogen functional groups attached to an aromatic ring is 1. The first kappa shape index (κ1) is 12.9. The van der Waals surface area contributed by atoms with Crippen molar-refractivity contribution in [3.63, 3.8) is 0 Å². The topological polar surface area (TPSA) is 29.3 Å². The summed E-state index contributed by atoms with van der Waals surface area (Å²) in [4.78, 5) is 1.93. The van der Waals surface area contributed by atoms with Crippen molar-refractivity contribution in [3.8, 4) is 0 Å². The van der Waals surface area contributed by atoms with E-state index in [-0.39, 0.29) is 5.82 Å². The quantitative estimate of drug-likeness (QED) is 0.841. The molecule has 0 amide bonds. The van der Waals surface area contributed by atoms with Crippen molar-refractivity contribution in [2.24, 2.45) is 0 Å². The Morgan fingerprint density at radius 1 is 1.17 bits per heavy atom. The number of nitrogens with two attached hydrogens (primary N) is 1. The van der Waals surface area contributed by atoms with Crippen LogP contribution < -0.4 is 10.6 Å². The Labute approximate surface area is 114 Å². The molecule has 0 heterocycles. The second-order valence-electron chi connectivity index (χ2n) is 4.22. The van der Waals surface area contributed by atoms with Crippen LogP contribution in [-0.4, -0.2) is 7.05 Å². The molecule has 18 heavy (non-hydrogen) atoms. The Kier molecular flexibility index (Phi) is 3.57. The van der Waals surface area contributed by atoms with Gasteiger partial charge in [-0.15, -0.1) is 0 Å². The van der Waals surface area contributed by atoms with Gasteiger partial charge in [-0.2, -0.15) is 0 Å². The molecule has 0 fully saturated rings. The molecule has 2 aromatic carbocycles. The van der Waals surface area contributed by atoms with E-state index in [0.717, 1.165) is 11.4 Å². The van der Waals surface area contributed by atoms with Gasteiger partial charge in [-0.05, 0) is 41.1 Å². The fourth-order valence-electron chi connectivity index (χ4n) is 1.75. The third-order valence-electron chi connectivity index (χ3n) is 2.85. The Morgan fingerprint density at radius 3 is 2.39 bits per heavy atom. The lowest BCUT2D eigenvalue weighted by atomic mass is 10.2. The Bertz CT molecular complexity index is 567. The minimum atomic E-state index is -0.353. The highest BCUT2D eigenvalue weighted by atomic mass is 79.9. The lowest BCUT2D eigenvalue weighted by Gasteiger charge is -2.22. The number of nitrogens with zero attached hydrogens (tertiary/aromatic N) is 1. The molecule has 2 rings (SSSR count). The molecule has 0 atom stereocenters. The largest absolute Gasteiger partial charge is 0.397 e. The maximum atomic E-state index is 13.3. The van der Waals surface area contributed by atoms with Crippen LogP contribution in [0.2, 0.25) is 0 Å². The molecule has 0 saturated heterocycles. The van der Waals surface area contributed by atoms with E-state index in [1.165, 1.54) is 11.6 Å². The first-order valence-electron chi connectivity index (χ1n) is 5.54. The zero-order valence-corrected chi connectivity index (χ0v) is 11.8. The third-order valence-corrected chi connectivity index (χ3v) is 3.46. The Morgan fingerprint density at radius 2 is 1.78 bits per heavy atom. The number of anilines is 3. The molecule has 0 bridgehead atoms. The molecule has 0 unspecified atom stereocenters. The van der Waals surface area contributed by atoms with Crippen molar-refractivity contribution in [2.45, 2.75) is 6.92 Å². The van der Waals surface area contributed by atoms with Crippen LogP contribution in [0.5, 0.6) is 0 Å². The molecule has 0 radical (unpaired) electrons. The van der Waals surface area contributed by atoms with Crippen molar-refractivity contribution >= 4 is 33.0 Å². The van der Waals surface area contributed by atoms with Crippen LogP contribution in [-0.2, 0) is 0 Å². The van der Waals surface area contributed by atoms with E-state index in [4.69, 9.17) is 5.73 Å². The molecule has 0 aliphatic heterocycles. The third kappa shape index (κ3) is 2.48. The predicted octanol–water partition coefficient (Wildman–Crippen LogP) is 4.25. The van der Waals surface area contributed by atoms with Gasteiger partial charge in [0.05, 0.1) is 15.8 Å². The molecule has 0 spiro atoms. The number of hydrogen-bond acceptors (Lipinski definition) is 2. The lowest BCUT2D eigenvalue weighted by Crippen LogP contribution is -2.12. The molecular formula is C14H14BrFN2. The van der Waals surface area contributed by atoms with Crippen molar-refractivity contribution in [2.75, 3.05) is 17.7 Å². The smallest absolute Gasteiger partial charge is 0.139 e. The van der Waals surface area contributed by atoms with E-state index in [2.05, 4.69) is 15.9 Å². The van der Waals surface area contributed by atoms with Crippen LogP contribution in [0.1, 0.15) is 5.56 Å². The average molecular weight is 309 g/mol. The molecule has 0 aliphatic carbocycles. The maximum Gasteiger partial charge on any atom is 0.139 e. The normalized spacial score (nSPS) is 10.4. The highest BCUT2D eigenvalue weighted by molar-refractivity contribution is 9.10. The molecule has 94 valence electrons. The summed E-state index contributed by atoms with van der Waals surface area (Å²) < 4.78 is 13.7. The van der Waals surface area contributed by atoms with E-state index in [1.54, 1.807) is 6.07 Å². The maximum absolute atomic E-state index is 13.3. The van der Waals surface area contributed by atoms with Crippen molar-refractivity contribution in [3.05, 3.63) is 52.3 Å². The first-order chi connectivity index (χ1) is 8.49. The van der Waals surface area contributed by atoms with Gasteiger partial charge in [-0.1, -0.05) is 17.7 Å². The highest BCUT2D eigenvalue weighted by Crippen LogP contribution is 2.33. The second-order valence-corrected chi connectivity index (χ2v) is 5.07. The van der Waals surface area contributed by atoms with Gasteiger partial charge < -0.3 is 10.6 Å². The molecule has 2 aromatic rings. The van der Waals surface area contributed by atoms with E-state index in [0.29, 0.717) is 10.2 Å². The van der Waals surface area contributed by atoms with Crippen LogP contribution in [0, 0.1) is 12.7 Å². The van der Waals surface area contributed by atoms with Gasteiger partial charge >= 0.3 is 0 Å². The van der Waals surface area contributed by atoms with Crippen LogP contribution in [0.15, 0.2) is 40.9 Å². The van der Waals surface area contributed by atoms with Gasteiger partial charge in [0.25, 0.3) is 0 Å². The van der Waals surface area contributed by atoms with Crippen LogP contribution >= 0.6 is 15.9 Å². The summed E-state index contributed by atoms with van der Waals surface area (Å²) in [5, 5.41) is 0. The SMILES string of the molecule is Cc1ccc(N(C)c2cc(Br)c(F)cc2N)cc1. The van der Waals surface area contributed by atoms with Crippen LogP contribution in [0.4, 0.5) is 21.5 Å². The summed E-state index contributed by atoms with van der Waals surface area (Å²) in [5.41, 5.74) is 9.24. The fourth-order valence-corrected chi connectivity index (χ4v) is 2.08. The standard InChI is InChI=1S/C14H14BrFN2/c1-9-3-5-10(6-4-9)18(2)14-7-11(15)12(16)8-13(14)17/h3-8H,17H2,1-2H3. The lowest BCUT2D eigenvalue weighted by molar-refractivity contribution is 0.622. The van der Waals surface area contributed by atoms with Gasteiger partial charge in [-0.3, -0.25) is 0 Å². The fraction of sp³-hybridized carbons (Fsp3) is 0.143. The van der Waals surface area contributed by atoms with Crippen LogP contribution in [0.25, 0.3) is 0 Å². The van der Waals surface area contributed by atoms with E-state index >= 15 is 0 Å². The summed E-state index contributed by atoms with van der Waals surface area (Å²) in [7, 11) is 1.90. The minimum absolute atomic E-state index is 0.353. The highest BCUT2D eigenvalue weighted by Gasteiger charge is 2.11. The Balaban J connectivity index is 2.42. The molecule has 0 aromatic heterocycles.